The molecule has 0 aliphatic heterocycles. The highest BCUT2D eigenvalue weighted by Crippen LogP contribution is 2.31. The van der Waals surface area contributed by atoms with Gasteiger partial charge in [-0.05, 0) is 55.0 Å². The molecule has 11 nitrogen and oxygen atoms in total. The van der Waals surface area contributed by atoms with E-state index < -0.39 is 11.7 Å². The van der Waals surface area contributed by atoms with Gasteiger partial charge in [0.05, 0.1) is 6.61 Å². The third kappa shape index (κ3) is 4.82. The fraction of sp³-hybridized carbons (Fsp3) is 0.136. The van der Waals surface area contributed by atoms with E-state index in [1.165, 1.54) is 18.5 Å². The van der Waals surface area contributed by atoms with Crippen LogP contribution in [0.15, 0.2) is 65.7 Å². The number of aromatic hydroxyl groups is 1. The molecule has 0 radical (unpaired) electrons. The average Bonchev–Trinajstić information content (AvgIpc) is 3.19. The van der Waals surface area contributed by atoms with Gasteiger partial charge in [-0.3, -0.25) is 10.4 Å². The Morgan fingerprint density at radius 2 is 1.97 bits per heavy atom. The molecule has 168 valence electrons. The Morgan fingerprint density at radius 3 is 2.64 bits per heavy atom. The predicted molar refractivity (Wildman–Crippen MR) is 122 cm³/mol. The van der Waals surface area contributed by atoms with Crippen LogP contribution in [0.2, 0.25) is 0 Å². The van der Waals surface area contributed by atoms with Crippen molar-refractivity contribution in [2.24, 2.45) is 5.73 Å². The first-order chi connectivity index (χ1) is 15.9. The molecule has 2 aromatic heterocycles. The number of rotatable bonds is 8. The maximum atomic E-state index is 12.6. The quantitative estimate of drug-likeness (QED) is 0.202. The van der Waals surface area contributed by atoms with Crippen LogP contribution in [0.25, 0.3) is 5.95 Å². The normalized spacial score (nSPS) is 11.7. The van der Waals surface area contributed by atoms with Crippen LogP contribution < -0.4 is 21.5 Å². The van der Waals surface area contributed by atoms with Crippen molar-refractivity contribution in [3.63, 3.8) is 0 Å². The number of phenolic OH excluding ortho intramolecular Hbond substituents is 1. The summed E-state index contributed by atoms with van der Waals surface area (Å²) in [7, 11) is 0. The molecule has 0 unspecified atom stereocenters. The molecular formula is C22H22N8O3. The van der Waals surface area contributed by atoms with Gasteiger partial charge < -0.3 is 20.9 Å². The molecule has 2 heterocycles. The van der Waals surface area contributed by atoms with Crippen LogP contribution in [0.1, 0.15) is 29.9 Å². The van der Waals surface area contributed by atoms with E-state index in [9.17, 15) is 9.90 Å². The van der Waals surface area contributed by atoms with E-state index in [0.29, 0.717) is 29.2 Å². The smallest absolute Gasteiger partial charge is 0.350 e. The fourth-order valence-corrected chi connectivity index (χ4v) is 3.25. The van der Waals surface area contributed by atoms with Crippen LogP contribution in [0, 0.1) is 5.41 Å². The number of phenols is 1. The van der Waals surface area contributed by atoms with Crippen molar-refractivity contribution in [2.75, 3.05) is 11.9 Å². The maximum Gasteiger partial charge on any atom is 0.350 e. The SMILES string of the molecule is CCOc1cc(O)cc([C@H](Nc2ccc(C(=N)N)cc2)c2nn(-c3ncccn3)c(=O)[nH]2)c1. The lowest BCUT2D eigenvalue weighted by atomic mass is 10.0. The number of nitrogen functional groups attached to an aromatic ring is 1. The molecule has 0 amide bonds. The van der Waals surface area contributed by atoms with Gasteiger partial charge in [-0.2, -0.15) is 0 Å². The summed E-state index contributed by atoms with van der Waals surface area (Å²) in [5.41, 5.74) is 6.88. The zero-order valence-electron chi connectivity index (χ0n) is 17.7. The number of nitrogens with zero attached hydrogens (tertiary/aromatic N) is 4. The summed E-state index contributed by atoms with van der Waals surface area (Å²) in [5.74, 6) is 0.831. The zero-order valence-corrected chi connectivity index (χ0v) is 17.7. The second-order valence-corrected chi connectivity index (χ2v) is 7.04. The van der Waals surface area contributed by atoms with Crippen LogP contribution >= 0.6 is 0 Å². The summed E-state index contributed by atoms with van der Waals surface area (Å²) in [4.78, 5) is 23.5. The molecule has 33 heavy (non-hydrogen) atoms. The Bertz CT molecular complexity index is 1320. The second-order valence-electron chi connectivity index (χ2n) is 7.04. The standard InChI is InChI=1S/C22H22N8O3/c1-2-33-17-11-14(10-16(31)12-17)18(27-15-6-4-13(5-7-15)19(23)24)20-28-22(32)30(29-20)21-25-8-3-9-26-21/h3-12,18,27,31H,2H2,1H3,(H3,23,24)(H,28,29,32)/t18-/m0/s1. The van der Waals surface area contributed by atoms with Crippen molar-refractivity contribution in [3.8, 4) is 17.4 Å². The number of nitrogens with two attached hydrogens (primary N) is 1. The first-order valence-electron chi connectivity index (χ1n) is 10.1. The minimum absolute atomic E-state index is 0.00264. The monoisotopic (exact) mass is 446 g/mol. The molecular weight excluding hydrogens is 424 g/mol. The van der Waals surface area contributed by atoms with Gasteiger partial charge in [-0.1, -0.05) is 0 Å². The summed E-state index contributed by atoms with van der Waals surface area (Å²) in [6, 6.07) is 12.7. The number of anilines is 1. The number of ether oxygens (including phenoxy) is 1. The summed E-state index contributed by atoms with van der Waals surface area (Å²) < 4.78 is 6.63. The van der Waals surface area contributed by atoms with Gasteiger partial charge in [0.2, 0.25) is 0 Å². The summed E-state index contributed by atoms with van der Waals surface area (Å²) in [5, 5.41) is 25.5. The van der Waals surface area contributed by atoms with E-state index >= 15 is 0 Å². The van der Waals surface area contributed by atoms with Crippen LogP contribution in [0.4, 0.5) is 5.69 Å². The third-order valence-electron chi connectivity index (χ3n) is 4.71. The number of aromatic amines is 1. The molecule has 4 aromatic rings. The molecule has 0 bridgehead atoms. The summed E-state index contributed by atoms with van der Waals surface area (Å²) in [6.07, 6.45) is 3.03. The fourth-order valence-electron chi connectivity index (χ4n) is 3.25. The Labute approximate surface area is 188 Å². The number of hydrogen-bond acceptors (Lipinski definition) is 8. The van der Waals surface area contributed by atoms with Crippen molar-refractivity contribution in [1.82, 2.24) is 24.7 Å². The minimum Gasteiger partial charge on any atom is -0.508 e. The number of aromatic nitrogens is 5. The molecule has 1 atom stereocenters. The van der Waals surface area contributed by atoms with Crippen molar-refractivity contribution in [3.05, 3.63) is 88.4 Å². The number of amidine groups is 1. The van der Waals surface area contributed by atoms with Gasteiger partial charge in [0.1, 0.15) is 23.4 Å². The van der Waals surface area contributed by atoms with Gasteiger partial charge in [0.15, 0.2) is 5.82 Å². The molecule has 0 fully saturated rings. The van der Waals surface area contributed by atoms with Crippen LogP contribution in [-0.2, 0) is 0 Å². The molecule has 2 aromatic carbocycles. The van der Waals surface area contributed by atoms with Crippen LogP contribution in [-0.4, -0.2) is 42.3 Å². The van der Waals surface area contributed by atoms with Gasteiger partial charge in [-0.25, -0.2) is 14.8 Å². The molecule has 0 spiro atoms. The Balaban J connectivity index is 1.78. The summed E-state index contributed by atoms with van der Waals surface area (Å²) in [6.45, 7) is 2.26. The molecule has 0 saturated heterocycles. The molecule has 6 N–H and O–H groups in total. The largest absolute Gasteiger partial charge is 0.508 e. The van der Waals surface area contributed by atoms with E-state index in [1.807, 2.05) is 6.92 Å². The Kier molecular flexibility index (Phi) is 6.02. The molecule has 0 saturated carbocycles. The van der Waals surface area contributed by atoms with Gasteiger partial charge in [-0.15, -0.1) is 9.78 Å². The molecule has 0 aliphatic carbocycles. The van der Waals surface area contributed by atoms with Crippen molar-refractivity contribution < 1.29 is 9.84 Å². The van der Waals surface area contributed by atoms with Crippen LogP contribution in [0.3, 0.4) is 0 Å². The topological polar surface area (TPSA) is 168 Å². The lowest BCUT2D eigenvalue weighted by molar-refractivity contribution is 0.337. The first kappa shape index (κ1) is 21.6. The van der Waals surface area contributed by atoms with Crippen molar-refractivity contribution >= 4 is 11.5 Å². The van der Waals surface area contributed by atoms with E-state index in [0.717, 1.165) is 4.68 Å². The van der Waals surface area contributed by atoms with E-state index in [2.05, 4.69) is 25.4 Å². The van der Waals surface area contributed by atoms with Gasteiger partial charge >= 0.3 is 5.69 Å². The van der Waals surface area contributed by atoms with E-state index in [-0.39, 0.29) is 23.4 Å². The molecule has 0 aliphatic rings. The highest BCUT2D eigenvalue weighted by molar-refractivity contribution is 5.95. The third-order valence-corrected chi connectivity index (χ3v) is 4.71. The van der Waals surface area contributed by atoms with E-state index in [1.54, 1.807) is 42.5 Å². The second kappa shape index (κ2) is 9.22. The Hall–Kier alpha value is -4.67. The highest BCUT2D eigenvalue weighted by atomic mass is 16.5. The predicted octanol–water partition coefficient (Wildman–Crippen LogP) is 1.94. The molecule has 4 rings (SSSR count). The van der Waals surface area contributed by atoms with Gasteiger partial charge in [0, 0.05) is 29.7 Å². The lowest BCUT2D eigenvalue weighted by Crippen LogP contribution is -2.18. The van der Waals surface area contributed by atoms with Gasteiger partial charge in [0.25, 0.3) is 5.95 Å². The number of benzene rings is 2. The van der Waals surface area contributed by atoms with Crippen molar-refractivity contribution in [1.29, 1.82) is 5.41 Å². The van der Waals surface area contributed by atoms with Crippen LogP contribution in [0.5, 0.6) is 11.5 Å². The average molecular weight is 446 g/mol. The zero-order chi connectivity index (χ0) is 23.4. The minimum atomic E-state index is -0.669. The molecule has 11 heteroatoms. The first-order valence-corrected chi connectivity index (χ1v) is 10.1. The highest BCUT2D eigenvalue weighted by Gasteiger charge is 2.22. The maximum absolute atomic E-state index is 12.6. The number of hydrogen-bond donors (Lipinski definition) is 5. The van der Waals surface area contributed by atoms with E-state index in [4.69, 9.17) is 15.9 Å². The number of nitrogens with one attached hydrogen (secondary N) is 3. The lowest BCUT2D eigenvalue weighted by Gasteiger charge is -2.19. The van der Waals surface area contributed by atoms with Crippen molar-refractivity contribution in [2.45, 2.75) is 13.0 Å². The number of H-pyrrole nitrogens is 1. The Morgan fingerprint density at radius 1 is 1.24 bits per heavy atom. The summed E-state index contributed by atoms with van der Waals surface area (Å²) >= 11 is 0.